The van der Waals surface area contributed by atoms with E-state index in [0.717, 1.165) is 10.6 Å². The average Bonchev–Trinajstić information content (AvgIpc) is 2.59. The highest BCUT2D eigenvalue weighted by atomic mass is 32.2. The van der Waals surface area contributed by atoms with Gasteiger partial charge in [0.1, 0.15) is 5.75 Å². The molecular weight excluding hydrogens is 326 g/mol. The Hall–Kier alpha value is -2.47. The number of esters is 1. The van der Waals surface area contributed by atoms with Gasteiger partial charge in [0.2, 0.25) is 0 Å². The van der Waals surface area contributed by atoms with E-state index in [2.05, 4.69) is 5.32 Å². The maximum absolute atomic E-state index is 11.7. The smallest absolute Gasteiger partial charge is 0.338 e. The Morgan fingerprint density at radius 2 is 1.75 bits per heavy atom. The molecule has 0 aliphatic carbocycles. The van der Waals surface area contributed by atoms with Crippen LogP contribution in [0.5, 0.6) is 5.75 Å². The third kappa shape index (κ3) is 5.96. The summed E-state index contributed by atoms with van der Waals surface area (Å²) in [4.78, 5) is 24.5. The van der Waals surface area contributed by atoms with E-state index in [9.17, 15) is 9.59 Å². The second-order valence-corrected chi connectivity index (χ2v) is 6.30. The summed E-state index contributed by atoms with van der Waals surface area (Å²) < 4.78 is 4.92. The lowest BCUT2D eigenvalue weighted by Crippen LogP contribution is -2.30. The van der Waals surface area contributed by atoms with Gasteiger partial charge in [0.05, 0.1) is 5.56 Å². The number of phenols is 1. The molecule has 2 aromatic rings. The zero-order valence-electron chi connectivity index (χ0n) is 13.3. The second kappa shape index (κ2) is 8.98. The zero-order chi connectivity index (χ0) is 17.4. The monoisotopic (exact) mass is 345 g/mol. The summed E-state index contributed by atoms with van der Waals surface area (Å²) in [5, 5.41) is 11.9. The molecule has 0 aliphatic heterocycles. The minimum atomic E-state index is -0.598. The largest absolute Gasteiger partial charge is 0.508 e. The number of amides is 1. The van der Waals surface area contributed by atoms with Crippen molar-refractivity contribution >= 4 is 23.6 Å². The van der Waals surface area contributed by atoms with Crippen LogP contribution in [0.25, 0.3) is 0 Å². The normalized spacial score (nSPS) is 10.2. The average molecular weight is 345 g/mol. The van der Waals surface area contributed by atoms with Gasteiger partial charge in [0, 0.05) is 17.2 Å². The molecule has 0 heterocycles. The van der Waals surface area contributed by atoms with Gasteiger partial charge in [0.25, 0.3) is 5.91 Å². The quantitative estimate of drug-likeness (QED) is 0.458. The summed E-state index contributed by atoms with van der Waals surface area (Å²) >= 11 is 1.65. The molecule has 0 radical (unpaired) electrons. The number of hydrogen-bond donors (Lipinski definition) is 2. The molecule has 2 rings (SSSR count). The Kier molecular flexibility index (Phi) is 6.69. The van der Waals surface area contributed by atoms with E-state index in [1.807, 2.05) is 31.2 Å². The van der Waals surface area contributed by atoms with Crippen LogP contribution in [0.2, 0.25) is 0 Å². The first-order chi connectivity index (χ1) is 11.5. The van der Waals surface area contributed by atoms with Crippen LogP contribution >= 0.6 is 11.8 Å². The van der Waals surface area contributed by atoms with Crippen LogP contribution in [-0.4, -0.2) is 35.9 Å². The number of thioether (sulfide) groups is 1. The topological polar surface area (TPSA) is 75.6 Å². The first-order valence-electron chi connectivity index (χ1n) is 7.47. The highest BCUT2D eigenvalue weighted by Crippen LogP contribution is 2.17. The molecule has 0 fully saturated rings. The number of aryl methyl sites for hydroxylation is 1. The van der Waals surface area contributed by atoms with Crippen molar-refractivity contribution in [3.63, 3.8) is 0 Å². The Labute approximate surface area is 145 Å². The fraction of sp³-hybridized carbons (Fsp3) is 0.222. The molecule has 2 aromatic carbocycles. The second-order valence-electron chi connectivity index (χ2n) is 5.13. The van der Waals surface area contributed by atoms with Gasteiger partial charge in [-0.1, -0.05) is 17.7 Å². The number of phenolic OH excluding ortho intramolecular Hbond substituents is 1. The molecule has 126 valence electrons. The lowest BCUT2D eigenvalue weighted by atomic mass is 10.2. The van der Waals surface area contributed by atoms with Gasteiger partial charge >= 0.3 is 5.97 Å². The number of rotatable bonds is 7. The van der Waals surface area contributed by atoms with Crippen LogP contribution < -0.4 is 5.32 Å². The fourth-order valence-electron chi connectivity index (χ4n) is 1.86. The molecule has 24 heavy (non-hydrogen) atoms. The minimum absolute atomic E-state index is 0.0652. The van der Waals surface area contributed by atoms with Crippen molar-refractivity contribution in [2.75, 3.05) is 18.9 Å². The summed E-state index contributed by atoms with van der Waals surface area (Å²) in [5.74, 6) is -0.137. The maximum Gasteiger partial charge on any atom is 0.338 e. The van der Waals surface area contributed by atoms with Gasteiger partial charge < -0.3 is 15.2 Å². The Bertz CT molecular complexity index is 683. The summed E-state index contributed by atoms with van der Waals surface area (Å²) in [6, 6.07) is 13.8. The van der Waals surface area contributed by atoms with Gasteiger partial charge in [-0.15, -0.1) is 11.8 Å². The standard InChI is InChI=1S/C18H19NO4S/c1-13-2-8-16(9-3-13)24-11-10-19-17(21)12-23-18(22)14-4-6-15(20)7-5-14/h2-9,20H,10-12H2,1H3,(H,19,21). The minimum Gasteiger partial charge on any atom is -0.508 e. The number of ether oxygens (including phenoxy) is 1. The van der Waals surface area contributed by atoms with Gasteiger partial charge in [-0.3, -0.25) is 4.79 Å². The molecule has 0 atom stereocenters. The van der Waals surface area contributed by atoms with Crippen LogP contribution in [0.1, 0.15) is 15.9 Å². The van der Waals surface area contributed by atoms with Crippen molar-refractivity contribution in [3.8, 4) is 5.75 Å². The number of hydrogen-bond acceptors (Lipinski definition) is 5. The number of aromatic hydroxyl groups is 1. The van der Waals surface area contributed by atoms with E-state index in [4.69, 9.17) is 9.84 Å². The van der Waals surface area contributed by atoms with Crippen molar-refractivity contribution < 1.29 is 19.4 Å². The predicted octanol–water partition coefficient (Wildman–Crippen LogP) is 2.77. The molecule has 0 saturated heterocycles. The third-order valence-electron chi connectivity index (χ3n) is 3.15. The van der Waals surface area contributed by atoms with Gasteiger partial charge in [-0.25, -0.2) is 4.79 Å². The Morgan fingerprint density at radius 1 is 1.08 bits per heavy atom. The fourth-order valence-corrected chi connectivity index (χ4v) is 2.63. The molecule has 0 saturated carbocycles. The number of carbonyl (C=O) groups is 2. The molecule has 2 N–H and O–H groups in total. The van der Waals surface area contributed by atoms with Gasteiger partial charge in [0.15, 0.2) is 6.61 Å². The molecule has 1 amide bonds. The number of benzene rings is 2. The van der Waals surface area contributed by atoms with Crippen LogP contribution in [0.4, 0.5) is 0 Å². The highest BCUT2D eigenvalue weighted by Gasteiger charge is 2.09. The molecule has 0 aliphatic rings. The maximum atomic E-state index is 11.7. The van der Waals surface area contributed by atoms with Crippen LogP contribution in [-0.2, 0) is 9.53 Å². The van der Waals surface area contributed by atoms with E-state index < -0.39 is 5.97 Å². The molecule has 6 heteroatoms. The van der Waals surface area contributed by atoms with Crippen molar-refractivity contribution in [2.24, 2.45) is 0 Å². The van der Waals surface area contributed by atoms with Crippen LogP contribution in [0.15, 0.2) is 53.4 Å². The molecule has 5 nitrogen and oxygen atoms in total. The molecule has 0 unspecified atom stereocenters. The number of nitrogens with one attached hydrogen (secondary N) is 1. The van der Waals surface area contributed by atoms with Crippen LogP contribution in [0.3, 0.4) is 0 Å². The summed E-state index contributed by atoms with van der Waals surface area (Å²) in [5.41, 5.74) is 1.50. The van der Waals surface area contributed by atoms with Gasteiger partial charge in [-0.05, 0) is 43.3 Å². The third-order valence-corrected chi connectivity index (χ3v) is 4.17. The lowest BCUT2D eigenvalue weighted by Gasteiger charge is -2.07. The number of carbonyl (C=O) groups excluding carboxylic acids is 2. The Balaban J connectivity index is 1.63. The van der Waals surface area contributed by atoms with Crippen molar-refractivity contribution in [3.05, 3.63) is 59.7 Å². The van der Waals surface area contributed by atoms with E-state index in [0.29, 0.717) is 6.54 Å². The molecule has 0 aromatic heterocycles. The van der Waals surface area contributed by atoms with Crippen molar-refractivity contribution in [1.82, 2.24) is 5.32 Å². The summed E-state index contributed by atoms with van der Waals surface area (Å²) in [7, 11) is 0. The lowest BCUT2D eigenvalue weighted by molar-refractivity contribution is -0.124. The van der Waals surface area contributed by atoms with E-state index in [-0.39, 0.29) is 23.8 Å². The Morgan fingerprint density at radius 3 is 2.42 bits per heavy atom. The zero-order valence-corrected chi connectivity index (χ0v) is 14.1. The first-order valence-corrected chi connectivity index (χ1v) is 8.45. The summed E-state index contributed by atoms with van der Waals surface area (Å²) in [6.45, 7) is 2.21. The van der Waals surface area contributed by atoms with Crippen molar-refractivity contribution in [1.29, 1.82) is 0 Å². The van der Waals surface area contributed by atoms with E-state index >= 15 is 0 Å². The summed E-state index contributed by atoms with van der Waals surface area (Å²) in [6.07, 6.45) is 0. The molecule has 0 spiro atoms. The molecular formula is C18H19NO4S. The van der Waals surface area contributed by atoms with Crippen LogP contribution in [0, 0.1) is 6.92 Å². The SMILES string of the molecule is Cc1ccc(SCCNC(=O)COC(=O)c2ccc(O)cc2)cc1. The highest BCUT2D eigenvalue weighted by molar-refractivity contribution is 7.99. The van der Waals surface area contributed by atoms with Crippen molar-refractivity contribution in [2.45, 2.75) is 11.8 Å². The predicted molar refractivity (Wildman–Crippen MR) is 93.3 cm³/mol. The first kappa shape index (κ1) is 17.9. The van der Waals surface area contributed by atoms with Gasteiger partial charge in [-0.2, -0.15) is 0 Å². The molecule has 0 bridgehead atoms. The van der Waals surface area contributed by atoms with E-state index in [1.165, 1.54) is 29.8 Å². The van der Waals surface area contributed by atoms with E-state index in [1.54, 1.807) is 11.8 Å².